The number of rotatable bonds is 8. The van der Waals surface area contributed by atoms with Crippen molar-refractivity contribution in [1.82, 2.24) is 4.90 Å². The van der Waals surface area contributed by atoms with Gasteiger partial charge in [0.25, 0.3) is 11.1 Å². The van der Waals surface area contributed by atoms with E-state index in [1.807, 2.05) is 6.92 Å². The number of nitrogens with one attached hydrogen (secondary N) is 1. The fraction of sp³-hybridized carbons (Fsp3) is 0.227. The van der Waals surface area contributed by atoms with E-state index in [-0.39, 0.29) is 17.5 Å². The Morgan fingerprint density at radius 1 is 1.13 bits per heavy atom. The van der Waals surface area contributed by atoms with Crippen molar-refractivity contribution in [3.63, 3.8) is 0 Å². The number of unbranched alkanes of at least 4 members (excludes halogenated alkanes) is 1. The SMILES string of the molecule is CCCCOC(=O)c1ccc(NCN2C(=O)S/C(=C\c3c(Cl)cccc3Cl)C2=O)cc1. The number of hydrogen-bond acceptors (Lipinski definition) is 6. The quantitative estimate of drug-likeness (QED) is 0.282. The largest absolute Gasteiger partial charge is 0.462 e. The monoisotopic (exact) mass is 478 g/mol. The smallest absolute Gasteiger partial charge is 0.338 e. The van der Waals surface area contributed by atoms with Crippen LogP contribution >= 0.6 is 35.0 Å². The van der Waals surface area contributed by atoms with Gasteiger partial charge in [-0.3, -0.25) is 14.5 Å². The first kappa shape index (κ1) is 23.2. The van der Waals surface area contributed by atoms with Gasteiger partial charge in [-0.25, -0.2) is 4.79 Å². The first-order valence-electron chi connectivity index (χ1n) is 9.61. The Morgan fingerprint density at radius 3 is 2.45 bits per heavy atom. The molecule has 2 aromatic rings. The molecule has 0 atom stereocenters. The second-order valence-corrected chi connectivity index (χ2v) is 8.45. The number of halogens is 2. The number of esters is 1. The molecule has 0 unspecified atom stereocenters. The molecule has 0 saturated carbocycles. The van der Waals surface area contributed by atoms with Crippen molar-refractivity contribution in [3.05, 3.63) is 68.5 Å². The molecule has 9 heteroatoms. The standard InChI is InChI=1S/C22H20Cl2N2O4S/c1-2-3-11-30-21(28)14-7-9-15(10-8-14)25-13-26-20(27)19(31-22(26)29)12-16-17(23)5-4-6-18(16)24/h4-10,12,25H,2-3,11,13H2,1H3/b19-12-. The minimum atomic E-state index is -0.436. The molecule has 1 saturated heterocycles. The van der Waals surface area contributed by atoms with Crippen molar-refractivity contribution < 1.29 is 19.1 Å². The number of nitrogens with zero attached hydrogens (tertiary/aromatic N) is 1. The van der Waals surface area contributed by atoms with Crippen LogP contribution in [0.1, 0.15) is 35.7 Å². The Labute approximate surface area is 194 Å². The highest BCUT2D eigenvalue weighted by atomic mass is 35.5. The van der Waals surface area contributed by atoms with Gasteiger partial charge in [-0.2, -0.15) is 0 Å². The predicted octanol–water partition coefficient (Wildman–Crippen LogP) is 6.06. The van der Waals surface area contributed by atoms with Crippen LogP contribution in [-0.4, -0.2) is 35.3 Å². The van der Waals surface area contributed by atoms with Gasteiger partial charge in [0, 0.05) is 21.3 Å². The molecule has 162 valence electrons. The molecule has 0 aromatic heterocycles. The molecule has 0 bridgehead atoms. The molecule has 1 aliphatic heterocycles. The van der Waals surface area contributed by atoms with E-state index in [0.717, 1.165) is 29.5 Å². The van der Waals surface area contributed by atoms with Crippen molar-refractivity contribution >= 4 is 63.8 Å². The van der Waals surface area contributed by atoms with Crippen LogP contribution in [0.25, 0.3) is 6.08 Å². The third kappa shape index (κ3) is 5.81. The summed E-state index contributed by atoms with van der Waals surface area (Å²) < 4.78 is 5.17. The lowest BCUT2D eigenvalue weighted by Crippen LogP contribution is -2.33. The van der Waals surface area contributed by atoms with Gasteiger partial charge in [-0.1, -0.05) is 42.6 Å². The van der Waals surface area contributed by atoms with Crippen molar-refractivity contribution in [2.45, 2.75) is 19.8 Å². The molecule has 2 aromatic carbocycles. The van der Waals surface area contributed by atoms with Crippen molar-refractivity contribution in [2.75, 3.05) is 18.6 Å². The summed E-state index contributed by atoms with van der Waals surface area (Å²) in [5, 5.41) is 3.40. The van der Waals surface area contributed by atoms with E-state index in [2.05, 4.69) is 5.32 Å². The van der Waals surface area contributed by atoms with Crippen LogP contribution in [0, 0.1) is 0 Å². The Balaban J connectivity index is 1.62. The summed E-state index contributed by atoms with van der Waals surface area (Å²) in [7, 11) is 0. The van der Waals surface area contributed by atoms with Gasteiger partial charge < -0.3 is 10.1 Å². The summed E-state index contributed by atoms with van der Waals surface area (Å²) in [6.45, 7) is 2.40. The zero-order valence-electron chi connectivity index (χ0n) is 16.7. The summed E-state index contributed by atoms with van der Waals surface area (Å²) in [6.07, 6.45) is 3.29. The van der Waals surface area contributed by atoms with Crippen molar-refractivity contribution in [2.24, 2.45) is 0 Å². The second-order valence-electron chi connectivity index (χ2n) is 6.65. The Hall–Kier alpha value is -2.48. The number of amides is 2. The van der Waals surface area contributed by atoms with Gasteiger partial charge in [-0.05, 0) is 60.7 Å². The maximum atomic E-state index is 12.7. The predicted molar refractivity (Wildman–Crippen MR) is 124 cm³/mol. The average Bonchev–Trinajstić information content (AvgIpc) is 3.02. The fourth-order valence-corrected chi connectivity index (χ4v) is 4.03. The first-order valence-corrected chi connectivity index (χ1v) is 11.2. The topological polar surface area (TPSA) is 75.7 Å². The van der Waals surface area contributed by atoms with E-state index in [1.54, 1.807) is 42.5 Å². The number of ether oxygens (including phenoxy) is 1. The molecule has 1 fully saturated rings. The van der Waals surface area contributed by atoms with Crippen LogP contribution in [0.15, 0.2) is 47.4 Å². The Morgan fingerprint density at radius 2 is 1.81 bits per heavy atom. The number of hydrogen-bond donors (Lipinski definition) is 1. The molecule has 0 spiro atoms. The lowest BCUT2D eigenvalue weighted by Gasteiger charge is -2.14. The number of carbonyl (C=O) groups excluding carboxylic acids is 3. The van der Waals surface area contributed by atoms with Gasteiger partial charge in [0.1, 0.15) is 0 Å². The second kappa shape index (κ2) is 10.7. The van der Waals surface area contributed by atoms with Crippen LogP contribution in [0.3, 0.4) is 0 Å². The van der Waals surface area contributed by atoms with Gasteiger partial charge in [0.15, 0.2) is 0 Å². The van der Waals surface area contributed by atoms with Crippen molar-refractivity contribution in [1.29, 1.82) is 0 Å². The van der Waals surface area contributed by atoms with Gasteiger partial charge in [0.05, 0.1) is 23.7 Å². The number of benzene rings is 2. The van der Waals surface area contributed by atoms with E-state index in [0.29, 0.717) is 33.5 Å². The number of thioether (sulfide) groups is 1. The zero-order valence-corrected chi connectivity index (χ0v) is 19.0. The lowest BCUT2D eigenvalue weighted by atomic mass is 10.2. The molecule has 1 heterocycles. The minimum absolute atomic E-state index is 0.0153. The normalized spacial score (nSPS) is 14.9. The van der Waals surface area contributed by atoms with E-state index >= 15 is 0 Å². The van der Waals surface area contributed by atoms with Crippen LogP contribution in [0.2, 0.25) is 10.0 Å². The van der Waals surface area contributed by atoms with Crippen LogP contribution < -0.4 is 5.32 Å². The maximum Gasteiger partial charge on any atom is 0.338 e. The number of carbonyl (C=O) groups is 3. The molecule has 1 N–H and O–H groups in total. The molecule has 2 amide bonds. The van der Waals surface area contributed by atoms with Crippen LogP contribution in [0.5, 0.6) is 0 Å². The highest BCUT2D eigenvalue weighted by Crippen LogP contribution is 2.35. The highest BCUT2D eigenvalue weighted by molar-refractivity contribution is 8.18. The highest BCUT2D eigenvalue weighted by Gasteiger charge is 2.35. The third-order valence-corrected chi connectivity index (χ3v) is 6.01. The Kier molecular flexibility index (Phi) is 8.01. The summed E-state index contributed by atoms with van der Waals surface area (Å²) in [5.41, 5.74) is 1.58. The maximum absolute atomic E-state index is 12.7. The molecular formula is C22H20Cl2N2O4S. The third-order valence-electron chi connectivity index (χ3n) is 4.44. The molecule has 0 radical (unpaired) electrons. The Bertz CT molecular complexity index is 1000. The fourth-order valence-electron chi connectivity index (χ4n) is 2.70. The summed E-state index contributed by atoms with van der Waals surface area (Å²) in [6, 6.07) is 11.7. The zero-order chi connectivity index (χ0) is 22.4. The number of imide groups is 1. The van der Waals surface area contributed by atoms with E-state index in [4.69, 9.17) is 27.9 Å². The van der Waals surface area contributed by atoms with E-state index in [1.165, 1.54) is 6.08 Å². The summed E-state index contributed by atoms with van der Waals surface area (Å²) in [4.78, 5) is 38.3. The van der Waals surface area contributed by atoms with Gasteiger partial charge in [-0.15, -0.1) is 0 Å². The molecule has 6 nitrogen and oxygen atoms in total. The van der Waals surface area contributed by atoms with Gasteiger partial charge >= 0.3 is 5.97 Å². The van der Waals surface area contributed by atoms with Gasteiger partial charge in [0.2, 0.25) is 0 Å². The summed E-state index contributed by atoms with van der Waals surface area (Å²) >= 11 is 13.1. The first-order chi connectivity index (χ1) is 14.9. The van der Waals surface area contributed by atoms with E-state index < -0.39 is 11.1 Å². The lowest BCUT2D eigenvalue weighted by molar-refractivity contribution is -0.122. The molecule has 31 heavy (non-hydrogen) atoms. The molecule has 0 aliphatic carbocycles. The van der Waals surface area contributed by atoms with Crippen LogP contribution in [-0.2, 0) is 9.53 Å². The molecular weight excluding hydrogens is 459 g/mol. The number of anilines is 1. The molecule has 3 rings (SSSR count). The summed E-state index contributed by atoms with van der Waals surface area (Å²) in [5.74, 6) is -0.816. The minimum Gasteiger partial charge on any atom is -0.462 e. The molecule has 1 aliphatic rings. The van der Waals surface area contributed by atoms with E-state index in [9.17, 15) is 14.4 Å². The van der Waals surface area contributed by atoms with Crippen LogP contribution in [0.4, 0.5) is 10.5 Å². The van der Waals surface area contributed by atoms with Crippen molar-refractivity contribution in [3.8, 4) is 0 Å². The average molecular weight is 479 g/mol.